The van der Waals surface area contributed by atoms with Crippen LogP contribution < -0.4 is 10.1 Å². The van der Waals surface area contributed by atoms with Crippen molar-refractivity contribution in [3.63, 3.8) is 0 Å². The van der Waals surface area contributed by atoms with Gasteiger partial charge in [-0.25, -0.2) is 4.79 Å². The van der Waals surface area contributed by atoms with Crippen molar-refractivity contribution in [2.75, 3.05) is 19.0 Å². The van der Waals surface area contributed by atoms with Gasteiger partial charge in [0.2, 0.25) is 0 Å². The third-order valence-corrected chi connectivity index (χ3v) is 3.94. The normalized spacial score (nSPS) is 10.2. The van der Waals surface area contributed by atoms with Gasteiger partial charge in [0.1, 0.15) is 0 Å². The fourth-order valence-corrected chi connectivity index (χ4v) is 2.79. The Bertz CT molecular complexity index is 890. The largest absolute Gasteiger partial charge is 0.490 e. The van der Waals surface area contributed by atoms with Crippen LogP contribution in [0.4, 0.5) is 11.4 Å². The van der Waals surface area contributed by atoms with E-state index in [1.54, 1.807) is 13.0 Å². The number of nitro benzene ring substituents is 1. The molecule has 0 aliphatic rings. The van der Waals surface area contributed by atoms with Gasteiger partial charge in [-0.05, 0) is 43.2 Å². The molecule has 142 valence electrons. The monoisotopic (exact) mass is 392 g/mol. The number of carbonyl (C=O) groups is 2. The third-order valence-electron chi connectivity index (χ3n) is 3.64. The number of methoxy groups -OCH3 is 1. The number of ether oxygens (including phenoxy) is 2. The second kappa shape index (κ2) is 8.50. The van der Waals surface area contributed by atoms with Crippen LogP contribution in [-0.4, -0.2) is 30.5 Å². The number of aryl methyl sites for hydroxylation is 2. The zero-order valence-electron chi connectivity index (χ0n) is 14.9. The summed E-state index contributed by atoms with van der Waals surface area (Å²) in [7, 11) is 1.28. The molecule has 0 heterocycles. The number of anilines is 1. The van der Waals surface area contributed by atoms with E-state index in [9.17, 15) is 19.7 Å². The lowest BCUT2D eigenvalue weighted by Crippen LogP contribution is -2.21. The van der Waals surface area contributed by atoms with Gasteiger partial charge >= 0.3 is 11.7 Å². The molecule has 0 aromatic heterocycles. The highest BCUT2D eigenvalue weighted by Gasteiger charge is 2.20. The molecule has 27 heavy (non-hydrogen) atoms. The second-order valence-corrected chi connectivity index (χ2v) is 6.11. The number of rotatable bonds is 6. The van der Waals surface area contributed by atoms with Gasteiger partial charge in [0.25, 0.3) is 5.91 Å². The second-order valence-electron chi connectivity index (χ2n) is 5.71. The SMILES string of the molecule is COc1ccc(C(=O)OCC(=O)Nc2c(C)cc(C)cc2Cl)cc1[N+](=O)[O-]. The lowest BCUT2D eigenvalue weighted by Gasteiger charge is -2.12. The molecule has 0 fully saturated rings. The Morgan fingerprint density at radius 3 is 2.52 bits per heavy atom. The highest BCUT2D eigenvalue weighted by atomic mass is 35.5. The zero-order valence-corrected chi connectivity index (χ0v) is 15.6. The summed E-state index contributed by atoms with van der Waals surface area (Å²) in [5, 5.41) is 14.0. The number of esters is 1. The van der Waals surface area contributed by atoms with Gasteiger partial charge in [-0.3, -0.25) is 14.9 Å². The molecule has 0 aliphatic carbocycles. The first kappa shape index (κ1) is 20.2. The number of hydrogen-bond acceptors (Lipinski definition) is 6. The first-order valence-corrected chi connectivity index (χ1v) is 8.17. The number of nitrogens with zero attached hydrogens (tertiary/aromatic N) is 1. The van der Waals surface area contributed by atoms with Crippen molar-refractivity contribution < 1.29 is 24.0 Å². The number of benzene rings is 2. The van der Waals surface area contributed by atoms with E-state index in [1.807, 2.05) is 13.0 Å². The lowest BCUT2D eigenvalue weighted by molar-refractivity contribution is -0.385. The van der Waals surface area contributed by atoms with Crippen LogP contribution in [0.1, 0.15) is 21.5 Å². The molecule has 0 spiro atoms. The smallest absolute Gasteiger partial charge is 0.338 e. The van der Waals surface area contributed by atoms with Gasteiger partial charge in [-0.1, -0.05) is 17.7 Å². The maximum atomic E-state index is 12.1. The van der Waals surface area contributed by atoms with Crippen LogP contribution in [0.3, 0.4) is 0 Å². The summed E-state index contributed by atoms with van der Waals surface area (Å²) in [5.41, 5.74) is 1.70. The number of amides is 1. The van der Waals surface area contributed by atoms with Gasteiger partial charge < -0.3 is 14.8 Å². The molecule has 2 aromatic rings. The summed E-state index contributed by atoms with van der Waals surface area (Å²) >= 11 is 6.11. The van der Waals surface area contributed by atoms with Crippen LogP contribution in [0.5, 0.6) is 5.75 Å². The van der Waals surface area contributed by atoms with Crippen molar-refractivity contribution >= 4 is 34.9 Å². The average molecular weight is 393 g/mol. The molecule has 0 bridgehead atoms. The predicted molar refractivity (Wildman–Crippen MR) is 99.5 cm³/mol. The molecule has 2 rings (SSSR count). The quantitative estimate of drug-likeness (QED) is 0.456. The highest BCUT2D eigenvalue weighted by Crippen LogP contribution is 2.28. The topological polar surface area (TPSA) is 108 Å². The zero-order chi connectivity index (χ0) is 20.1. The van der Waals surface area contributed by atoms with Crippen LogP contribution in [0.15, 0.2) is 30.3 Å². The summed E-state index contributed by atoms with van der Waals surface area (Å²) in [5.74, 6) is -1.44. The van der Waals surface area contributed by atoms with Crippen molar-refractivity contribution in [3.05, 3.63) is 62.2 Å². The number of carbonyl (C=O) groups excluding carboxylic acids is 2. The van der Waals surface area contributed by atoms with Crippen molar-refractivity contribution in [2.45, 2.75) is 13.8 Å². The van der Waals surface area contributed by atoms with E-state index in [4.69, 9.17) is 21.1 Å². The van der Waals surface area contributed by atoms with Gasteiger partial charge in [0.05, 0.1) is 28.3 Å². The Morgan fingerprint density at radius 1 is 1.22 bits per heavy atom. The van der Waals surface area contributed by atoms with Crippen molar-refractivity contribution in [2.24, 2.45) is 0 Å². The predicted octanol–water partition coefficient (Wildman–Crippen LogP) is 3.67. The van der Waals surface area contributed by atoms with Crippen LogP contribution in [0.25, 0.3) is 0 Å². The van der Waals surface area contributed by atoms with Crippen molar-refractivity contribution in [1.82, 2.24) is 0 Å². The van der Waals surface area contributed by atoms with Crippen LogP contribution in [0, 0.1) is 24.0 Å². The summed E-state index contributed by atoms with van der Waals surface area (Å²) in [6.07, 6.45) is 0. The van der Waals surface area contributed by atoms with Gasteiger partial charge in [0, 0.05) is 6.07 Å². The Labute approximate surface area is 160 Å². The molecule has 9 heteroatoms. The number of hydrogen-bond donors (Lipinski definition) is 1. The minimum absolute atomic E-state index is 0.0128. The molecule has 0 saturated carbocycles. The Morgan fingerprint density at radius 2 is 1.93 bits per heavy atom. The van der Waals surface area contributed by atoms with E-state index in [0.717, 1.165) is 17.2 Å². The molecular weight excluding hydrogens is 376 g/mol. The van der Waals surface area contributed by atoms with E-state index in [2.05, 4.69) is 5.32 Å². The van der Waals surface area contributed by atoms with E-state index < -0.39 is 23.4 Å². The standard InChI is InChI=1S/C18H17ClN2O6/c1-10-6-11(2)17(13(19)7-10)20-16(22)9-27-18(23)12-4-5-15(26-3)14(8-12)21(24)25/h4-8H,9H2,1-3H3,(H,20,22). The number of nitro groups is 1. The Kier molecular flexibility index (Phi) is 6.36. The third kappa shape index (κ3) is 4.95. The molecule has 8 nitrogen and oxygen atoms in total. The molecule has 1 amide bonds. The summed E-state index contributed by atoms with van der Waals surface area (Å²) < 4.78 is 9.78. The fraction of sp³-hybridized carbons (Fsp3) is 0.222. The van der Waals surface area contributed by atoms with E-state index in [0.29, 0.717) is 10.7 Å². The molecule has 0 aliphatic heterocycles. The van der Waals surface area contributed by atoms with Gasteiger partial charge in [-0.15, -0.1) is 0 Å². The van der Waals surface area contributed by atoms with Crippen LogP contribution in [-0.2, 0) is 9.53 Å². The molecule has 0 unspecified atom stereocenters. The van der Waals surface area contributed by atoms with E-state index >= 15 is 0 Å². The molecule has 0 radical (unpaired) electrons. The number of halogens is 1. The maximum Gasteiger partial charge on any atom is 0.338 e. The minimum atomic E-state index is -0.873. The first-order valence-electron chi connectivity index (χ1n) is 7.79. The van der Waals surface area contributed by atoms with E-state index in [1.165, 1.54) is 19.2 Å². The molecule has 0 saturated heterocycles. The summed E-state index contributed by atoms with van der Waals surface area (Å²) in [6.45, 7) is 3.10. The van der Waals surface area contributed by atoms with Gasteiger partial charge in [-0.2, -0.15) is 0 Å². The Balaban J connectivity index is 2.04. The average Bonchev–Trinajstić information content (AvgIpc) is 2.62. The number of nitrogens with one attached hydrogen (secondary N) is 1. The molecular formula is C18H17ClN2O6. The minimum Gasteiger partial charge on any atom is -0.490 e. The summed E-state index contributed by atoms with van der Waals surface area (Å²) in [6, 6.07) is 7.17. The molecule has 2 aromatic carbocycles. The Hall–Kier alpha value is -3.13. The summed E-state index contributed by atoms with van der Waals surface area (Å²) in [4.78, 5) is 34.4. The first-order chi connectivity index (χ1) is 12.7. The van der Waals surface area contributed by atoms with Gasteiger partial charge in [0.15, 0.2) is 12.4 Å². The molecule has 0 atom stereocenters. The lowest BCUT2D eigenvalue weighted by atomic mass is 10.1. The highest BCUT2D eigenvalue weighted by molar-refractivity contribution is 6.34. The van der Waals surface area contributed by atoms with Crippen molar-refractivity contribution in [1.29, 1.82) is 0 Å². The molecule has 1 N–H and O–H groups in total. The van der Waals surface area contributed by atoms with Crippen LogP contribution in [0.2, 0.25) is 5.02 Å². The van der Waals surface area contributed by atoms with E-state index in [-0.39, 0.29) is 17.0 Å². The van der Waals surface area contributed by atoms with Crippen LogP contribution >= 0.6 is 11.6 Å². The fourth-order valence-electron chi connectivity index (χ4n) is 2.42. The van der Waals surface area contributed by atoms with Crippen molar-refractivity contribution in [3.8, 4) is 5.75 Å². The maximum absolute atomic E-state index is 12.1.